The smallest absolute Gasteiger partial charge is 0.243 e. The molecule has 0 atom stereocenters. The van der Waals surface area contributed by atoms with Gasteiger partial charge in [-0.25, -0.2) is 8.42 Å². The summed E-state index contributed by atoms with van der Waals surface area (Å²) >= 11 is 0. The summed E-state index contributed by atoms with van der Waals surface area (Å²) < 4.78 is 32.8. The van der Waals surface area contributed by atoms with Crippen molar-refractivity contribution in [3.63, 3.8) is 0 Å². The van der Waals surface area contributed by atoms with Crippen molar-refractivity contribution in [2.45, 2.75) is 38.1 Å². The lowest BCUT2D eigenvalue weighted by Crippen LogP contribution is -2.42. The van der Waals surface area contributed by atoms with Crippen molar-refractivity contribution in [1.82, 2.24) is 9.62 Å². The Bertz CT molecular complexity index is 1280. The fraction of sp³-hybridized carbons (Fsp3) is 0.346. The summed E-state index contributed by atoms with van der Waals surface area (Å²) in [5, 5.41) is 5.20. The highest BCUT2D eigenvalue weighted by molar-refractivity contribution is 7.89. The van der Waals surface area contributed by atoms with E-state index in [4.69, 9.17) is 4.74 Å². The molecule has 1 N–H and O–H groups in total. The van der Waals surface area contributed by atoms with Crippen molar-refractivity contribution in [2.75, 3.05) is 20.2 Å². The van der Waals surface area contributed by atoms with Gasteiger partial charge in [-0.15, -0.1) is 0 Å². The SMILES string of the molecule is COc1ccc2cc(CNC(=O)C3CCN(S(=O)(=O)c4ccc(C)c(C)c4)CC3)ccc2c1. The molecule has 1 aliphatic heterocycles. The lowest BCUT2D eigenvalue weighted by Gasteiger charge is -2.30. The Morgan fingerprint density at radius 1 is 0.970 bits per heavy atom. The highest BCUT2D eigenvalue weighted by Gasteiger charge is 2.32. The van der Waals surface area contributed by atoms with Gasteiger partial charge < -0.3 is 10.1 Å². The summed E-state index contributed by atoms with van der Waals surface area (Å²) in [6.07, 6.45) is 1.04. The van der Waals surface area contributed by atoms with Crippen LogP contribution < -0.4 is 10.1 Å². The van der Waals surface area contributed by atoms with Crippen LogP contribution in [0.25, 0.3) is 10.8 Å². The Kier molecular flexibility index (Phi) is 6.72. The molecule has 1 fully saturated rings. The highest BCUT2D eigenvalue weighted by atomic mass is 32.2. The first-order chi connectivity index (χ1) is 15.8. The van der Waals surface area contributed by atoms with E-state index in [9.17, 15) is 13.2 Å². The lowest BCUT2D eigenvalue weighted by atomic mass is 9.97. The summed E-state index contributed by atoms with van der Waals surface area (Å²) in [4.78, 5) is 13.1. The van der Waals surface area contributed by atoms with E-state index in [0.29, 0.717) is 37.4 Å². The Morgan fingerprint density at radius 3 is 2.36 bits per heavy atom. The minimum atomic E-state index is -3.54. The zero-order valence-corrected chi connectivity index (χ0v) is 20.1. The average molecular weight is 467 g/mol. The summed E-state index contributed by atoms with van der Waals surface area (Å²) in [5.41, 5.74) is 3.05. The molecule has 1 saturated heterocycles. The van der Waals surface area contributed by atoms with E-state index in [1.54, 1.807) is 19.2 Å². The third-order valence-corrected chi connectivity index (χ3v) is 8.41. The zero-order chi connectivity index (χ0) is 23.6. The number of ether oxygens (including phenoxy) is 1. The number of amides is 1. The molecule has 4 rings (SSSR count). The van der Waals surface area contributed by atoms with Crippen LogP contribution in [0.4, 0.5) is 0 Å². The van der Waals surface area contributed by atoms with Gasteiger partial charge in [0.1, 0.15) is 5.75 Å². The highest BCUT2D eigenvalue weighted by Crippen LogP contribution is 2.26. The van der Waals surface area contributed by atoms with Crippen LogP contribution in [0, 0.1) is 19.8 Å². The molecule has 3 aromatic rings. The lowest BCUT2D eigenvalue weighted by molar-refractivity contribution is -0.126. The average Bonchev–Trinajstić information content (AvgIpc) is 2.83. The molecular formula is C26H30N2O4S. The molecule has 1 aliphatic rings. The van der Waals surface area contributed by atoms with E-state index < -0.39 is 10.0 Å². The molecule has 0 aliphatic carbocycles. The van der Waals surface area contributed by atoms with Crippen LogP contribution in [0.3, 0.4) is 0 Å². The maximum Gasteiger partial charge on any atom is 0.243 e. The standard InChI is InChI=1S/C26H30N2O4S/c1-18-4-9-25(14-19(18)2)33(30,31)28-12-10-21(11-13-28)26(29)27-17-20-5-6-23-16-24(32-3)8-7-22(23)15-20/h4-9,14-16,21H,10-13,17H2,1-3H3,(H,27,29). The van der Waals surface area contributed by atoms with Crippen molar-refractivity contribution in [3.8, 4) is 5.75 Å². The molecule has 7 heteroatoms. The number of hydrogen-bond acceptors (Lipinski definition) is 4. The second-order valence-electron chi connectivity index (χ2n) is 8.69. The Morgan fingerprint density at radius 2 is 1.67 bits per heavy atom. The molecule has 1 amide bonds. The molecule has 0 spiro atoms. The van der Waals surface area contributed by atoms with Crippen LogP contribution in [0.1, 0.15) is 29.5 Å². The van der Waals surface area contributed by atoms with Crippen molar-refractivity contribution in [3.05, 3.63) is 71.3 Å². The molecule has 1 heterocycles. The first-order valence-electron chi connectivity index (χ1n) is 11.2. The fourth-order valence-electron chi connectivity index (χ4n) is 4.23. The van der Waals surface area contributed by atoms with Gasteiger partial charge in [0.25, 0.3) is 0 Å². The third-order valence-electron chi connectivity index (χ3n) is 6.52. The molecule has 0 bridgehead atoms. The van der Waals surface area contributed by atoms with Crippen molar-refractivity contribution >= 4 is 26.7 Å². The molecule has 3 aromatic carbocycles. The molecular weight excluding hydrogens is 436 g/mol. The summed E-state index contributed by atoms with van der Waals surface area (Å²) in [7, 11) is -1.89. The van der Waals surface area contributed by atoms with E-state index in [1.165, 1.54) is 4.31 Å². The third kappa shape index (κ3) is 5.04. The largest absolute Gasteiger partial charge is 0.497 e. The number of aryl methyl sites for hydroxylation is 2. The predicted molar refractivity (Wildman–Crippen MR) is 130 cm³/mol. The van der Waals surface area contributed by atoms with Gasteiger partial charge >= 0.3 is 0 Å². The number of benzene rings is 3. The van der Waals surface area contributed by atoms with Crippen molar-refractivity contribution in [1.29, 1.82) is 0 Å². The van der Waals surface area contributed by atoms with E-state index in [-0.39, 0.29) is 11.8 Å². The maximum atomic E-state index is 13.0. The van der Waals surface area contributed by atoms with Crippen molar-refractivity contribution in [2.24, 2.45) is 5.92 Å². The second kappa shape index (κ2) is 9.53. The van der Waals surface area contributed by atoms with E-state index in [1.807, 2.05) is 50.2 Å². The first kappa shape index (κ1) is 23.3. The summed E-state index contributed by atoms with van der Waals surface area (Å²) in [6, 6.07) is 17.2. The maximum absolute atomic E-state index is 13.0. The molecule has 6 nitrogen and oxygen atoms in total. The van der Waals surface area contributed by atoms with Gasteiger partial charge in [0.05, 0.1) is 12.0 Å². The summed E-state index contributed by atoms with van der Waals surface area (Å²) in [5.74, 6) is 0.614. The monoisotopic (exact) mass is 466 g/mol. The Labute approximate surface area is 195 Å². The molecule has 0 unspecified atom stereocenters. The van der Waals surface area contributed by atoms with Gasteiger partial charge in [-0.1, -0.05) is 24.3 Å². The van der Waals surface area contributed by atoms with Crippen LogP contribution in [-0.2, 0) is 21.4 Å². The number of nitrogens with one attached hydrogen (secondary N) is 1. The van der Waals surface area contributed by atoms with E-state index in [0.717, 1.165) is 33.2 Å². The van der Waals surface area contributed by atoms with E-state index >= 15 is 0 Å². The normalized spacial score (nSPS) is 15.5. The number of fused-ring (bicyclic) bond motifs is 1. The Hall–Kier alpha value is -2.90. The molecule has 174 valence electrons. The van der Waals surface area contributed by atoms with Crippen molar-refractivity contribution < 1.29 is 17.9 Å². The molecule has 0 radical (unpaired) electrons. The minimum absolute atomic E-state index is 0.0203. The van der Waals surface area contributed by atoms with Crippen LogP contribution in [0.15, 0.2) is 59.5 Å². The fourth-order valence-corrected chi connectivity index (χ4v) is 5.78. The number of piperidine rings is 1. The molecule has 0 aromatic heterocycles. The quantitative estimate of drug-likeness (QED) is 0.591. The number of methoxy groups -OCH3 is 1. The number of carbonyl (C=O) groups excluding carboxylic acids is 1. The zero-order valence-electron chi connectivity index (χ0n) is 19.3. The van der Waals surface area contributed by atoms with Gasteiger partial charge in [-0.05, 0) is 84.5 Å². The van der Waals surface area contributed by atoms with Gasteiger partial charge in [-0.3, -0.25) is 4.79 Å². The van der Waals surface area contributed by atoms with Gasteiger partial charge in [0, 0.05) is 25.6 Å². The summed E-state index contributed by atoms with van der Waals surface area (Å²) in [6.45, 7) is 5.03. The Balaban J connectivity index is 1.33. The number of nitrogens with zero attached hydrogens (tertiary/aromatic N) is 1. The number of sulfonamides is 1. The van der Waals surface area contributed by atoms with Crippen LogP contribution in [0.2, 0.25) is 0 Å². The number of carbonyl (C=O) groups is 1. The number of hydrogen-bond donors (Lipinski definition) is 1. The van der Waals surface area contributed by atoms with Crippen LogP contribution >= 0.6 is 0 Å². The topological polar surface area (TPSA) is 75.7 Å². The predicted octanol–water partition coefficient (Wildman–Crippen LogP) is 4.18. The molecule has 33 heavy (non-hydrogen) atoms. The molecule has 0 saturated carbocycles. The van der Waals surface area contributed by atoms with Crippen LogP contribution in [-0.4, -0.2) is 38.8 Å². The van der Waals surface area contributed by atoms with Gasteiger partial charge in [0.15, 0.2) is 0 Å². The first-order valence-corrected chi connectivity index (χ1v) is 12.6. The minimum Gasteiger partial charge on any atom is -0.497 e. The number of rotatable bonds is 6. The van der Waals surface area contributed by atoms with Crippen LogP contribution in [0.5, 0.6) is 5.75 Å². The second-order valence-corrected chi connectivity index (χ2v) is 10.6. The van der Waals surface area contributed by atoms with E-state index in [2.05, 4.69) is 11.4 Å². The van der Waals surface area contributed by atoms with Gasteiger partial charge in [-0.2, -0.15) is 4.31 Å². The van der Waals surface area contributed by atoms with Gasteiger partial charge in [0.2, 0.25) is 15.9 Å².